The van der Waals surface area contributed by atoms with Crippen LogP contribution in [0.2, 0.25) is 0 Å². The van der Waals surface area contributed by atoms with Crippen LogP contribution < -0.4 is 0 Å². The van der Waals surface area contributed by atoms with Crippen molar-refractivity contribution in [1.29, 1.82) is 0 Å². The van der Waals surface area contributed by atoms with Gasteiger partial charge in [-0.3, -0.25) is 4.79 Å². The van der Waals surface area contributed by atoms with E-state index in [4.69, 9.17) is 0 Å². The highest BCUT2D eigenvalue weighted by molar-refractivity contribution is 6.15. The highest BCUT2D eigenvalue weighted by Gasteiger charge is 2.30. The van der Waals surface area contributed by atoms with E-state index in [1.54, 1.807) is 4.81 Å². The summed E-state index contributed by atoms with van der Waals surface area (Å²) in [5, 5.41) is 0. The van der Waals surface area contributed by atoms with Crippen molar-refractivity contribution in [2.75, 3.05) is 0 Å². The number of hydrogen-bond donors (Lipinski definition) is 0. The number of nitrogens with zero attached hydrogens (tertiary/aromatic N) is 1. The summed E-state index contributed by atoms with van der Waals surface area (Å²) in [6.45, 7) is 11.9. The Morgan fingerprint density at radius 3 is 1.50 bits per heavy atom. The van der Waals surface area contributed by atoms with Crippen LogP contribution >= 0.6 is 0 Å². The van der Waals surface area contributed by atoms with Crippen molar-refractivity contribution < 1.29 is 4.79 Å². The Hall–Kier alpha value is -0.465. The third-order valence-corrected chi connectivity index (χ3v) is 1.95. The van der Waals surface area contributed by atoms with Crippen LogP contribution in [0.5, 0.6) is 0 Å². The van der Waals surface area contributed by atoms with Crippen LogP contribution in [-0.2, 0) is 4.79 Å². The molecule has 0 saturated heterocycles. The molecular weight excluding hydrogens is 149 g/mol. The Morgan fingerprint density at radius 2 is 1.42 bits per heavy atom. The lowest BCUT2D eigenvalue weighted by molar-refractivity contribution is -0.137. The highest BCUT2D eigenvalue weighted by atomic mass is 16.2. The van der Waals surface area contributed by atoms with Crippen molar-refractivity contribution in [3.05, 3.63) is 0 Å². The number of hydrogen-bond acceptors (Lipinski definition) is 1. The lowest BCUT2D eigenvalue weighted by Crippen LogP contribution is -2.48. The van der Waals surface area contributed by atoms with Crippen LogP contribution in [-0.4, -0.2) is 24.2 Å². The maximum atomic E-state index is 11.7. The second kappa shape index (κ2) is 3.12. The molecule has 0 unspecified atom stereocenters. The first-order valence-corrected chi connectivity index (χ1v) is 4.35. The molecule has 3 heteroatoms. The largest absolute Gasteiger partial charge is 0.389 e. The zero-order valence-electron chi connectivity index (χ0n) is 9.36. The molecule has 0 aliphatic rings. The van der Waals surface area contributed by atoms with Gasteiger partial charge in [0.1, 0.15) is 0 Å². The molecule has 0 aliphatic heterocycles. The van der Waals surface area contributed by atoms with E-state index in [-0.39, 0.29) is 16.9 Å². The Labute approximate surface area is 76.8 Å². The molecule has 70 valence electrons. The van der Waals surface area contributed by atoms with Crippen molar-refractivity contribution in [2.24, 2.45) is 5.41 Å². The van der Waals surface area contributed by atoms with E-state index in [0.29, 0.717) is 0 Å². The maximum Gasteiger partial charge on any atom is 0.221 e. The summed E-state index contributed by atoms with van der Waals surface area (Å²) in [7, 11) is 1.85. The Morgan fingerprint density at radius 1 is 1.08 bits per heavy atom. The van der Waals surface area contributed by atoms with Gasteiger partial charge in [0.05, 0.1) is 0 Å². The molecule has 0 saturated carbocycles. The smallest absolute Gasteiger partial charge is 0.221 e. The molecule has 1 amide bonds. The monoisotopic (exact) mass is 169 g/mol. The van der Waals surface area contributed by atoms with Gasteiger partial charge >= 0.3 is 0 Å². The number of amides is 1. The minimum atomic E-state index is -0.276. The average Bonchev–Trinajstić information content (AvgIpc) is 1.80. The number of carbonyl (C=O) groups is 1. The molecule has 0 bridgehead atoms. The second-order valence-corrected chi connectivity index (χ2v) is 5.28. The van der Waals surface area contributed by atoms with Crippen LogP contribution in [0.25, 0.3) is 0 Å². The Kier molecular flexibility index (Phi) is 2.99. The summed E-state index contributed by atoms with van der Waals surface area (Å²) in [6, 6.07) is 0. The summed E-state index contributed by atoms with van der Waals surface area (Å²) in [4.78, 5) is 13.5. The molecule has 0 N–H and O–H groups in total. The van der Waals surface area contributed by atoms with Gasteiger partial charge in [0.2, 0.25) is 13.9 Å². The third-order valence-electron chi connectivity index (χ3n) is 1.95. The Balaban J connectivity index is 4.53. The van der Waals surface area contributed by atoms with Gasteiger partial charge in [-0.15, -0.1) is 0 Å². The summed E-state index contributed by atoms with van der Waals surface area (Å²) in [5.41, 5.74) is -0.355. The summed E-state index contributed by atoms with van der Waals surface area (Å²) < 4.78 is 0. The summed E-state index contributed by atoms with van der Waals surface area (Å²) in [6.07, 6.45) is 0. The average molecular weight is 169 g/mol. The zero-order chi connectivity index (χ0) is 10.2. The van der Waals surface area contributed by atoms with E-state index < -0.39 is 0 Å². The quantitative estimate of drug-likeness (QED) is 0.499. The van der Waals surface area contributed by atoms with Crippen molar-refractivity contribution in [1.82, 2.24) is 4.81 Å². The van der Waals surface area contributed by atoms with Crippen LogP contribution in [0.1, 0.15) is 41.5 Å². The summed E-state index contributed by atoms with van der Waals surface area (Å²) >= 11 is 0. The molecular formula is C9H20BNO. The lowest BCUT2D eigenvalue weighted by Gasteiger charge is -2.37. The normalized spacial score (nSPS) is 12.8. The van der Waals surface area contributed by atoms with Gasteiger partial charge in [-0.1, -0.05) is 20.8 Å². The molecule has 0 heterocycles. The topological polar surface area (TPSA) is 20.3 Å². The highest BCUT2D eigenvalue weighted by Crippen LogP contribution is 2.21. The van der Waals surface area contributed by atoms with E-state index in [1.165, 1.54) is 0 Å². The fraction of sp³-hybridized carbons (Fsp3) is 0.889. The van der Waals surface area contributed by atoms with E-state index in [1.807, 2.05) is 49.5 Å². The molecule has 0 aromatic heterocycles. The number of rotatable bonds is 0. The Bertz CT molecular complexity index is 176. The second-order valence-electron chi connectivity index (χ2n) is 5.28. The molecule has 12 heavy (non-hydrogen) atoms. The van der Waals surface area contributed by atoms with E-state index in [9.17, 15) is 4.79 Å². The lowest BCUT2D eigenvalue weighted by atomic mass is 9.89. The maximum absolute atomic E-state index is 11.7. The predicted molar refractivity (Wildman–Crippen MR) is 54.6 cm³/mol. The molecule has 2 nitrogen and oxygen atoms in total. The van der Waals surface area contributed by atoms with E-state index >= 15 is 0 Å². The van der Waals surface area contributed by atoms with Crippen LogP contribution in [0, 0.1) is 5.41 Å². The van der Waals surface area contributed by atoms with Crippen molar-refractivity contribution in [2.45, 2.75) is 47.1 Å². The minimum Gasteiger partial charge on any atom is -0.389 e. The molecule has 0 atom stereocenters. The van der Waals surface area contributed by atoms with Gasteiger partial charge in [0, 0.05) is 11.0 Å². The van der Waals surface area contributed by atoms with Gasteiger partial charge in [0.15, 0.2) is 0 Å². The zero-order valence-corrected chi connectivity index (χ0v) is 9.36. The first kappa shape index (κ1) is 11.5. The SMILES string of the molecule is BN(C(=O)C(C)(C)C)C(C)(C)C. The standard InChI is InChI=1S/C9H20BNO/c1-8(2,3)7(12)11(10)9(4,5)6/h10H2,1-6H3. The van der Waals surface area contributed by atoms with Crippen LogP contribution in [0.4, 0.5) is 0 Å². The molecule has 0 aliphatic carbocycles. The van der Waals surface area contributed by atoms with E-state index in [0.717, 1.165) is 0 Å². The van der Waals surface area contributed by atoms with Crippen molar-refractivity contribution in [3.63, 3.8) is 0 Å². The molecule has 0 radical (unpaired) electrons. The minimum absolute atomic E-state index is 0.0790. The van der Waals surface area contributed by atoms with Gasteiger partial charge in [0.25, 0.3) is 0 Å². The molecule has 0 aromatic carbocycles. The van der Waals surface area contributed by atoms with E-state index in [2.05, 4.69) is 0 Å². The fourth-order valence-corrected chi connectivity index (χ4v) is 0.808. The molecule has 0 fully saturated rings. The molecule has 0 spiro atoms. The van der Waals surface area contributed by atoms with Gasteiger partial charge < -0.3 is 4.81 Å². The number of carbonyl (C=O) groups excluding carboxylic acids is 1. The van der Waals surface area contributed by atoms with Crippen LogP contribution in [0.15, 0.2) is 0 Å². The first-order valence-electron chi connectivity index (χ1n) is 4.35. The summed E-state index contributed by atoms with van der Waals surface area (Å²) in [5.74, 6) is 0.190. The molecule has 0 rings (SSSR count). The first-order chi connectivity index (χ1) is 5.07. The predicted octanol–water partition coefficient (Wildman–Crippen LogP) is 1.21. The molecule has 0 aromatic rings. The third kappa shape index (κ3) is 2.88. The van der Waals surface area contributed by atoms with Crippen molar-refractivity contribution in [3.8, 4) is 0 Å². The van der Waals surface area contributed by atoms with Crippen molar-refractivity contribution >= 4 is 13.9 Å². The van der Waals surface area contributed by atoms with Crippen LogP contribution in [0.3, 0.4) is 0 Å². The fourth-order valence-electron chi connectivity index (χ4n) is 0.808. The van der Waals surface area contributed by atoms with Gasteiger partial charge in [-0.2, -0.15) is 0 Å². The van der Waals surface area contributed by atoms with Gasteiger partial charge in [-0.05, 0) is 20.8 Å². The van der Waals surface area contributed by atoms with Gasteiger partial charge in [-0.25, -0.2) is 0 Å².